The molecular weight excluding hydrogens is 310 g/mol. The van der Waals surface area contributed by atoms with Gasteiger partial charge in [0, 0.05) is 13.5 Å². The molecule has 0 saturated carbocycles. The van der Waals surface area contributed by atoms with E-state index in [1.807, 2.05) is 18.2 Å². The van der Waals surface area contributed by atoms with Crippen molar-refractivity contribution < 1.29 is 14.7 Å². The fraction of sp³-hybridized carbons (Fsp3) is 0.353. The van der Waals surface area contributed by atoms with Gasteiger partial charge in [-0.2, -0.15) is 0 Å². The molecule has 1 aromatic heterocycles. The Morgan fingerprint density at radius 3 is 2.33 bits per heavy atom. The first-order chi connectivity index (χ1) is 11.1. The molecule has 0 aliphatic rings. The molecule has 0 unspecified atom stereocenters. The fourth-order valence-corrected chi connectivity index (χ4v) is 2.37. The van der Waals surface area contributed by atoms with Crippen molar-refractivity contribution in [3.05, 3.63) is 46.4 Å². The van der Waals surface area contributed by atoms with Gasteiger partial charge in [0.15, 0.2) is 0 Å². The molecule has 0 atom stereocenters. The summed E-state index contributed by atoms with van der Waals surface area (Å²) in [5.74, 6) is -1.57. The number of aliphatic carboxylic acids is 1. The Morgan fingerprint density at radius 2 is 1.79 bits per heavy atom. The number of hydrogen-bond donors (Lipinski definition) is 2. The monoisotopic (exact) mass is 331 g/mol. The molecule has 24 heavy (non-hydrogen) atoms. The Kier molecular flexibility index (Phi) is 4.64. The molecule has 2 rings (SSSR count). The molecule has 1 aromatic carbocycles. The average molecular weight is 331 g/mol. The Morgan fingerprint density at radius 1 is 1.21 bits per heavy atom. The summed E-state index contributed by atoms with van der Waals surface area (Å²) in [4.78, 5) is 36.0. The number of para-hydroxylation sites is 1. The second-order valence-electron chi connectivity index (χ2n) is 6.35. The summed E-state index contributed by atoms with van der Waals surface area (Å²) in [6.45, 7) is 4.66. The predicted octanol–water partition coefficient (Wildman–Crippen LogP) is 1.92. The molecular formula is C17H21N3O4. The maximum atomic E-state index is 12.7. The highest BCUT2D eigenvalue weighted by atomic mass is 16.4. The van der Waals surface area contributed by atoms with E-state index >= 15 is 0 Å². The molecule has 2 aromatic rings. The van der Waals surface area contributed by atoms with Gasteiger partial charge in [0.1, 0.15) is 5.69 Å². The maximum Gasteiger partial charge on any atom is 0.309 e. The van der Waals surface area contributed by atoms with Gasteiger partial charge in [-0.1, -0.05) is 18.2 Å². The van der Waals surface area contributed by atoms with Gasteiger partial charge in [0.05, 0.1) is 16.8 Å². The SMILES string of the molecule is Cc1c(NC(=O)CC(C)(C)C(=O)O)c(=O)n(-c2ccccc2)n1C. The Labute approximate surface area is 139 Å². The third kappa shape index (κ3) is 3.24. The number of nitrogens with zero attached hydrogens (tertiary/aromatic N) is 2. The molecule has 7 nitrogen and oxygen atoms in total. The van der Waals surface area contributed by atoms with Crippen molar-refractivity contribution in [3.63, 3.8) is 0 Å². The number of carbonyl (C=O) groups is 2. The highest BCUT2D eigenvalue weighted by Gasteiger charge is 2.31. The van der Waals surface area contributed by atoms with Crippen LogP contribution in [0.15, 0.2) is 35.1 Å². The first-order valence-electron chi connectivity index (χ1n) is 7.52. The van der Waals surface area contributed by atoms with Gasteiger partial charge in [-0.25, -0.2) is 4.68 Å². The quantitative estimate of drug-likeness (QED) is 0.875. The maximum absolute atomic E-state index is 12.7. The van der Waals surface area contributed by atoms with Crippen molar-refractivity contribution in [1.29, 1.82) is 0 Å². The average Bonchev–Trinajstić information content (AvgIpc) is 2.71. The summed E-state index contributed by atoms with van der Waals surface area (Å²) < 4.78 is 3.10. The summed E-state index contributed by atoms with van der Waals surface area (Å²) in [6, 6.07) is 9.07. The van der Waals surface area contributed by atoms with Gasteiger partial charge in [-0.3, -0.25) is 19.1 Å². The van der Waals surface area contributed by atoms with Gasteiger partial charge >= 0.3 is 5.97 Å². The minimum Gasteiger partial charge on any atom is -0.481 e. The highest BCUT2D eigenvalue weighted by molar-refractivity contribution is 5.94. The predicted molar refractivity (Wildman–Crippen MR) is 90.4 cm³/mol. The van der Waals surface area contributed by atoms with Crippen LogP contribution >= 0.6 is 0 Å². The van der Waals surface area contributed by atoms with Crippen LogP contribution in [-0.4, -0.2) is 26.3 Å². The van der Waals surface area contributed by atoms with Crippen LogP contribution in [0.1, 0.15) is 26.0 Å². The van der Waals surface area contributed by atoms with Crippen molar-refractivity contribution in [1.82, 2.24) is 9.36 Å². The largest absolute Gasteiger partial charge is 0.481 e. The Bertz CT molecular complexity index is 832. The molecule has 0 radical (unpaired) electrons. The number of nitrogens with one attached hydrogen (secondary N) is 1. The van der Waals surface area contributed by atoms with Gasteiger partial charge in [0.25, 0.3) is 5.56 Å². The van der Waals surface area contributed by atoms with Crippen LogP contribution in [0, 0.1) is 12.3 Å². The lowest BCUT2D eigenvalue weighted by atomic mass is 9.89. The van der Waals surface area contributed by atoms with E-state index in [2.05, 4.69) is 5.32 Å². The van der Waals surface area contributed by atoms with E-state index in [1.54, 1.807) is 30.8 Å². The molecule has 0 aliphatic heterocycles. The summed E-state index contributed by atoms with van der Waals surface area (Å²) in [5, 5.41) is 11.7. The second kappa shape index (κ2) is 6.35. The Hall–Kier alpha value is -2.83. The van der Waals surface area contributed by atoms with E-state index in [-0.39, 0.29) is 17.7 Å². The van der Waals surface area contributed by atoms with E-state index < -0.39 is 17.3 Å². The number of aromatic nitrogens is 2. The molecule has 0 bridgehead atoms. The topological polar surface area (TPSA) is 93.3 Å². The summed E-state index contributed by atoms with van der Waals surface area (Å²) in [6.07, 6.45) is -0.221. The molecule has 7 heteroatoms. The number of carboxylic acids is 1. The van der Waals surface area contributed by atoms with Crippen molar-refractivity contribution >= 4 is 17.6 Å². The van der Waals surface area contributed by atoms with Crippen molar-refractivity contribution in [2.75, 3.05) is 5.32 Å². The molecule has 0 spiro atoms. The number of amides is 1. The standard InChI is InChI=1S/C17H21N3O4/c1-11-14(18-13(21)10-17(2,3)16(23)24)15(22)20(19(11)4)12-8-6-5-7-9-12/h5-9H,10H2,1-4H3,(H,18,21)(H,23,24). The van der Waals surface area contributed by atoms with Crippen LogP contribution in [0.25, 0.3) is 5.69 Å². The molecule has 0 aliphatic carbocycles. The molecule has 0 saturated heterocycles. The summed E-state index contributed by atoms with van der Waals surface area (Å²) in [7, 11) is 1.72. The first kappa shape index (κ1) is 17.5. The lowest BCUT2D eigenvalue weighted by Gasteiger charge is -2.17. The third-order valence-corrected chi connectivity index (χ3v) is 4.00. The molecule has 128 valence electrons. The number of benzene rings is 1. The molecule has 1 amide bonds. The van der Waals surface area contributed by atoms with E-state index in [1.165, 1.54) is 18.5 Å². The van der Waals surface area contributed by atoms with Gasteiger partial charge < -0.3 is 10.4 Å². The van der Waals surface area contributed by atoms with Crippen molar-refractivity contribution in [2.24, 2.45) is 12.5 Å². The first-order valence-corrected chi connectivity index (χ1v) is 7.52. The smallest absolute Gasteiger partial charge is 0.309 e. The van der Waals surface area contributed by atoms with Crippen LogP contribution in [0.4, 0.5) is 5.69 Å². The fourth-order valence-electron chi connectivity index (χ4n) is 2.37. The number of rotatable bonds is 5. The minimum absolute atomic E-state index is 0.160. The van der Waals surface area contributed by atoms with Crippen molar-refractivity contribution in [3.8, 4) is 5.69 Å². The van der Waals surface area contributed by atoms with Crippen LogP contribution in [0.5, 0.6) is 0 Å². The number of hydrogen-bond acceptors (Lipinski definition) is 3. The zero-order valence-electron chi connectivity index (χ0n) is 14.2. The van der Waals surface area contributed by atoms with Crippen LogP contribution in [-0.2, 0) is 16.6 Å². The lowest BCUT2D eigenvalue weighted by molar-refractivity contribution is -0.148. The lowest BCUT2D eigenvalue weighted by Crippen LogP contribution is -2.31. The number of carbonyl (C=O) groups excluding carboxylic acids is 1. The second-order valence-corrected chi connectivity index (χ2v) is 6.35. The van der Waals surface area contributed by atoms with Crippen LogP contribution in [0.2, 0.25) is 0 Å². The van der Waals surface area contributed by atoms with Crippen molar-refractivity contribution in [2.45, 2.75) is 27.2 Å². The summed E-state index contributed by atoms with van der Waals surface area (Å²) in [5.41, 5.74) is -0.134. The zero-order valence-corrected chi connectivity index (χ0v) is 14.2. The van der Waals surface area contributed by atoms with Crippen LogP contribution in [0.3, 0.4) is 0 Å². The molecule has 1 heterocycles. The third-order valence-electron chi connectivity index (χ3n) is 4.00. The molecule has 2 N–H and O–H groups in total. The summed E-state index contributed by atoms with van der Waals surface area (Å²) >= 11 is 0. The normalized spacial score (nSPS) is 11.3. The van der Waals surface area contributed by atoms with Gasteiger partial charge in [0.2, 0.25) is 5.91 Å². The minimum atomic E-state index is -1.20. The van der Waals surface area contributed by atoms with E-state index in [9.17, 15) is 14.4 Å². The molecule has 0 fully saturated rings. The zero-order chi connectivity index (χ0) is 18.1. The van der Waals surface area contributed by atoms with E-state index in [4.69, 9.17) is 5.11 Å². The van der Waals surface area contributed by atoms with E-state index in [0.717, 1.165) is 0 Å². The number of carboxylic acid groups (broad SMARTS) is 1. The van der Waals surface area contributed by atoms with Gasteiger partial charge in [-0.15, -0.1) is 0 Å². The van der Waals surface area contributed by atoms with E-state index in [0.29, 0.717) is 11.4 Å². The van der Waals surface area contributed by atoms with Crippen LogP contribution < -0.4 is 10.9 Å². The number of anilines is 1. The highest BCUT2D eigenvalue weighted by Crippen LogP contribution is 2.22. The Balaban J connectivity index is 2.35. The van der Waals surface area contributed by atoms with Gasteiger partial charge in [-0.05, 0) is 32.9 Å².